The second-order valence-corrected chi connectivity index (χ2v) is 8.65. The highest BCUT2D eigenvalue weighted by Crippen LogP contribution is 2.44. The van der Waals surface area contributed by atoms with E-state index in [1.54, 1.807) is 54.3 Å². The Morgan fingerprint density at radius 3 is 2.41 bits per heavy atom. The molecule has 0 saturated carbocycles. The van der Waals surface area contributed by atoms with E-state index in [2.05, 4.69) is 6.07 Å². The molecule has 2 aliphatic heterocycles. The predicted octanol–water partition coefficient (Wildman–Crippen LogP) is 3.27. The Morgan fingerprint density at radius 1 is 1.08 bits per heavy atom. The van der Waals surface area contributed by atoms with E-state index in [0.29, 0.717) is 29.9 Å². The molecule has 0 bridgehead atoms. The summed E-state index contributed by atoms with van der Waals surface area (Å²) in [7, 11) is 2.41. The van der Waals surface area contributed by atoms with Gasteiger partial charge in [0.2, 0.25) is 5.91 Å². The average Bonchev–Trinajstić information content (AvgIpc) is 2.94. The number of amides is 1. The summed E-state index contributed by atoms with van der Waals surface area (Å²) in [6, 6.07) is 16.3. The molecule has 4 rings (SSSR count). The molecular weight excluding hydrogens is 472 g/mol. The third kappa shape index (κ3) is 4.42. The maximum atomic E-state index is 13.3. The van der Waals surface area contributed by atoms with E-state index < -0.39 is 17.9 Å². The molecule has 2 heterocycles. The van der Waals surface area contributed by atoms with Crippen LogP contribution in [0.3, 0.4) is 0 Å². The number of carbonyl (C=O) groups is 3. The third-order valence-electron chi connectivity index (χ3n) is 6.66. The van der Waals surface area contributed by atoms with Crippen LogP contribution >= 0.6 is 0 Å². The topological polar surface area (TPSA) is 126 Å². The van der Waals surface area contributed by atoms with Crippen LogP contribution in [0.2, 0.25) is 0 Å². The number of benzene rings is 2. The second-order valence-electron chi connectivity index (χ2n) is 8.65. The quantitative estimate of drug-likeness (QED) is 0.620. The van der Waals surface area contributed by atoms with Gasteiger partial charge in [-0.1, -0.05) is 43.3 Å². The first-order valence-electron chi connectivity index (χ1n) is 12.0. The summed E-state index contributed by atoms with van der Waals surface area (Å²) in [5.74, 6) is -2.60. The monoisotopic (exact) mass is 500 g/mol. The summed E-state index contributed by atoms with van der Waals surface area (Å²) in [6.45, 7) is 2.37. The molecule has 2 aliphatic rings. The molecule has 2 aromatic rings. The van der Waals surface area contributed by atoms with Gasteiger partial charge in [0.15, 0.2) is 0 Å². The lowest BCUT2D eigenvalue weighted by Gasteiger charge is -2.37. The first kappa shape index (κ1) is 25.5. The minimum atomic E-state index is -0.945. The fourth-order valence-corrected chi connectivity index (χ4v) is 4.93. The first-order chi connectivity index (χ1) is 17.9. The third-order valence-corrected chi connectivity index (χ3v) is 6.66. The van der Waals surface area contributed by atoms with Gasteiger partial charge in [0, 0.05) is 24.3 Å². The largest absolute Gasteiger partial charge is 0.466 e. The lowest BCUT2D eigenvalue weighted by molar-refractivity contribution is -0.139. The summed E-state index contributed by atoms with van der Waals surface area (Å²) in [6.07, 6.45) is 1.97. The van der Waals surface area contributed by atoms with Gasteiger partial charge in [-0.15, -0.1) is 0 Å². The van der Waals surface area contributed by atoms with Crippen molar-refractivity contribution in [2.24, 2.45) is 5.73 Å². The van der Waals surface area contributed by atoms with Crippen molar-refractivity contribution in [3.8, 4) is 6.07 Å². The number of nitrogens with zero attached hydrogens (tertiary/aromatic N) is 3. The molecule has 0 aliphatic carbocycles. The molecule has 1 amide bonds. The van der Waals surface area contributed by atoms with E-state index in [-0.39, 0.29) is 28.6 Å². The van der Waals surface area contributed by atoms with Gasteiger partial charge >= 0.3 is 11.9 Å². The van der Waals surface area contributed by atoms with E-state index in [4.69, 9.17) is 15.2 Å². The van der Waals surface area contributed by atoms with Crippen LogP contribution in [0.5, 0.6) is 0 Å². The van der Waals surface area contributed by atoms with E-state index in [1.165, 1.54) is 19.1 Å². The van der Waals surface area contributed by atoms with Crippen molar-refractivity contribution in [1.29, 1.82) is 5.26 Å². The van der Waals surface area contributed by atoms with Crippen molar-refractivity contribution >= 4 is 29.2 Å². The fraction of sp³-hybridized carbons (Fsp3) is 0.286. The number of aryl methyl sites for hydroxylation is 1. The van der Waals surface area contributed by atoms with Crippen LogP contribution in [0.4, 0.5) is 11.4 Å². The summed E-state index contributed by atoms with van der Waals surface area (Å²) in [5.41, 5.74) is 9.14. The second kappa shape index (κ2) is 10.6. The predicted molar refractivity (Wildman–Crippen MR) is 137 cm³/mol. The molecule has 0 aromatic heterocycles. The Kier molecular flexibility index (Phi) is 7.30. The number of allylic oxidation sites excluding steroid dienone is 1. The molecule has 190 valence electrons. The fourth-order valence-electron chi connectivity index (χ4n) is 4.93. The minimum absolute atomic E-state index is 0.0199. The number of nitrogens with two attached hydrogens (primary N) is 1. The van der Waals surface area contributed by atoms with Crippen LogP contribution in [0, 0.1) is 11.3 Å². The Morgan fingerprint density at radius 2 is 1.78 bits per heavy atom. The smallest absolute Gasteiger partial charge is 0.355 e. The van der Waals surface area contributed by atoms with Gasteiger partial charge in [-0.2, -0.15) is 5.26 Å². The van der Waals surface area contributed by atoms with Crippen molar-refractivity contribution in [2.45, 2.75) is 32.1 Å². The molecule has 2 aromatic carbocycles. The maximum Gasteiger partial charge on any atom is 0.355 e. The Labute approximate surface area is 215 Å². The number of esters is 2. The Balaban J connectivity index is 2.01. The van der Waals surface area contributed by atoms with E-state index in [0.717, 1.165) is 18.4 Å². The number of ether oxygens (including phenoxy) is 2. The molecule has 2 N–H and O–H groups in total. The first-order valence-corrected chi connectivity index (χ1v) is 12.0. The highest BCUT2D eigenvalue weighted by molar-refractivity contribution is 6.06. The maximum absolute atomic E-state index is 13.3. The van der Waals surface area contributed by atoms with Gasteiger partial charge < -0.3 is 20.1 Å². The molecular formula is C28H28N4O5. The summed E-state index contributed by atoms with van der Waals surface area (Å²) < 4.78 is 10.2. The SMILES string of the molecule is CCC(=O)N1CCCc2ccc(N3C(N)=C(C#N)C(c4ccccc4)C(C(=O)OC)=C3C(=O)OC)cc21. The molecule has 37 heavy (non-hydrogen) atoms. The number of methoxy groups -OCH3 is 2. The number of hydrogen-bond acceptors (Lipinski definition) is 8. The highest BCUT2D eigenvalue weighted by Gasteiger charge is 2.43. The lowest BCUT2D eigenvalue weighted by atomic mass is 9.81. The van der Waals surface area contributed by atoms with Gasteiger partial charge in [0.05, 0.1) is 37.4 Å². The van der Waals surface area contributed by atoms with Crippen LogP contribution in [0.1, 0.15) is 36.8 Å². The summed E-state index contributed by atoms with van der Waals surface area (Å²) in [5, 5.41) is 10.2. The zero-order valence-electron chi connectivity index (χ0n) is 21.0. The van der Waals surface area contributed by atoms with E-state index in [1.807, 2.05) is 6.07 Å². The molecule has 9 nitrogen and oxygen atoms in total. The highest BCUT2D eigenvalue weighted by atomic mass is 16.5. The average molecular weight is 501 g/mol. The number of hydrogen-bond donors (Lipinski definition) is 1. The van der Waals surface area contributed by atoms with Gasteiger partial charge in [-0.25, -0.2) is 9.59 Å². The van der Waals surface area contributed by atoms with E-state index >= 15 is 0 Å². The van der Waals surface area contributed by atoms with Gasteiger partial charge in [-0.3, -0.25) is 9.69 Å². The van der Waals surface area contributed by atoms with Crippen LogP contribution < -0.4 is 15.5 Å². The summed E-state index contributed by atoms with van der Waals surface area (Å²) in [4.78, 5) is 42.2. The standard InChI is InChI=1S/C28H28N4O5/c1-4-22(33)31-14-8-11-17-12-13-19(15-21(17)31)32-25(28(35)37-3)24(27(34)36-2)23(20(16-29)26(32)30)18-9-6-5-7-10-18/h5-7,9-10,12-13,15,23H,4,8,11,14,30H2,1-3H3. The lowest BCUT2D eigenvalue weighted by Crippen LogP contribution is -2.41. The van der Waals surface area contributed by atoms with Crippen LogP contribution in [0.25, 0.3) is 0 Å². The number of nitriles is 1. The molecule has 0 saturated heterocycles. The van der Waals surface area contributed by atoms with Gasteiger partial charge in [-0.05, 0) is 36.1 Å². The molecule has 9 heteroatoms. The molecule has 0 radical (unpaired) electrons. The normalized spacial score (nSPS) is 17.2. The van der Waals surface area contributed by atoms with Crippen molar-refractivity contribution in [3.05, 3.63) is 82.3 Å². The number of carbonyl (C=O) groups excluding carboxylic acids is 3. The molecule has 0 spiro atoms. The number of fused-ring (bicyclic) bond motifs is 1. The molecule has 0 fully saturated rings. The molecule has 1 unspecified atom stereocenters. The van der Waals surface area contributed by atoms with Gasteiger partial charge in [0.25, 0.3) is 0 Å². The summed E-state index contributed by atoms with van der Waals surface area (Å²) >= 11 is 0. The van der Waals surface area contributed by atoms with Crippen LogP contribution in [0.15, 0.2) is 71.2 Å². The van der Waals surface area contributed by atoms with Crippen molar-refractivity contribution in [2.75, 3.05) is 30.6 Å². The Bertz CT molecular complexity index is 1360. The van der Waals surface area contributed by atoms with Crippen molar-refractivity contribution < 1.29 is 23.9 Å². The Hall–Kier alpha value is -4.58. The zero-order valence-corrected chi connectivity index (χ0v) is 21.0. The minimum Gasteiger partial charge on any atom is -0.466 e. The molecule has 1 atom stereocenters. The van der Waals surface area contributed by atoms with Crippen molar-refractivity contribution in [3.63, 3.8) is 0 Å². The number of anilines is 2. The van der Waals surface area contributed by atoms with Gasteiger partial charge in [0.1, 0.15) is 11.5 Å². The van der Waals surface area contributed by atoms with Crippen LogP contribution in [-0.4, -0.2) is 38.6 Å². The number of rotatable bonds is 5. The van der Waals surface area contributed by atoms with Crippen LogP contribution in [-0.2, 0) is 30.3 Å². The zero-order chi connectivity index (χ0) is 26.7. The van der Waals surface area contributed by atoms with E-state index in [9.17, 15) is 19.6 Å². The van der Waals surface area contributed by atoms with Crippen molar-refractivity contribution in [1.82, 2.24) is 0 Å².